The van der Waals surface area contributed by atoms with Crippen LogP contribution in [0.3, 0.4) is 0 Å². The van der Waals surface area contributed by atoms with Crippen molar-refractivity contribution in [3.63, 3.8) is 0 Å². The molecular formula is C12H18FNO. The minimum Gasteiger partial charge on any atom is -0.383 e. The van der Waals surface area contributed by atoms with Crippen molar-refractivity contribution in [1.29, 1.82) is 0 Å². The third kappa shape index (κ3) is 5.37. The molecule has 0 unspecified atom stereocenters. The lowest BCUT2D eigenvalue weighted by molar-refractivity contribution is 0.00333. The van der Waals surface area contributed by atoms with Crippen LogP contribution in [-0.2, 0) is 4.74 Å². The molecule has 0 radical (unpaired) electrons. The van der Waals surface area contributed by atoms with Gasteiger partial charge >= 0.3 is 0 Å². The fourth-order valence-electron chi connectivity index (χ4n) is 1.12. The van der Waals surface area contributed by atoms with Gasteiger partial charge in [0.15, 0.2) is 0 Å². The first-order valence-electron chi connectivity index (χ1n) is 5.11. The van der Waals surface area contributed by atoms with E-state index in [1.54, 1.807) is 12.1 Å². The van der Waals surface area contributed by atoms with Crippen molar-refractivity contribution in [3.8, 4) is 0 Å². The van der Waals surface area contributed by atoms with Gasteiger partial charge in [-0.05, 0) is 45.0 Å². The number of halogens is 1. The molecule has 0 bridgehead atoms. The highest BCUT2D eigenvalue weighted by Crippen LogP contribution is 2.09. The summed E-state index contributed by atoms with van der Waals surface area (Å²) in [4.78, 5) is 0. The molecule has 0 aliphatic rings. The normalized spacial score (nSPS) is 11.5. The van der Waals surface area contributed by atoms with Crippen LogP contribution in [0.25, 0.3) is 0 Å². The number of benzene rings is 1. The van der Waals surface area contributed by atoms with Crippen LogP contribution in [-0.4, -0.2) is 18.8 Å². The third-order valence-electron chi connectivity index (χ3n) is 1.81. The Labute approximate surface area is 90.4 Å². The quantitative estimate of drug-likeness (QED) is 0.773. The van der Waals surface area contributed by atoms with Gasteiger partial charge in [-0.25, -0.2) is 4.39 Å². The molecule has 3 heteroatoms. The summed E-state index contributed by atoms with van der Waals surface area (Å²) in [5.74, 6) is -0.216. The lowest BCUT2D eigenvalue weighted by Crippen LogP contribution is -2.23. The van der Waals surface area contributed by atoms with Crippen molar-refractivity contribution >= 4 is 5.69 Å². The molecule has 0 spiro atoms. The van der Waals surface area contributed by atoms with E-state index in [-0.39, 0.29) is 11.4 Å². The summed E-state index contributed by atoms with van der Waals surface area (Å²) in [6, 6.07) is 6.30. The molecule has 0 amide bonds. The van der Waals surface area contributed by atoms with Gasteiger partial charge < -0.3 is 10.1 Å². The predicted molar refractivity (Wildman–Crippen MR) is 60.6 cm³/mol. The standard InChI is InChI=1S/C12H18FNO/c1-12(2,3)15-9-8-14-11-6-4-10(13)5-7-11/h4-7,14H,8-9H2,1-3H3. The Balaban J connectivity index is 2.23. The molecule has 1 aromatic carbocycles. The largest absolute Gasteiger partial charge is 0.383 e. The molecule has 15 heavy (non-hydrogen) atoms. The van der Waals surface area contributed by atoms with Gasteiger partial charge in [0.1, 0.15) is 5.82 Å². The Hall–Kier alpha value is -1.09. The van der Waals surface area contributed by atoms with Crippen molar-refractivity contribution in [1.82, 2.24) is 0 Å². The molecule has 0 saturated carbocycles. The van der Waals surface area contributed by atoms with Crippen molar-refractivity contribution < 1.29 is 9.13 Å². The highest BCUT2D eigenvalue weighted by atomic mass is 19.1. The van der Waals surface area contributed by atoms with Crippen LogP contribution in [0.15, 0.2) is 24.3 Å². The molecule has 1 rings (SSSR count). The maximum Gasteiger partial charge on any atom is 0.123 e. The smallest absolute Gasteiger partial charge is 0.123 e. The minimum absolute atomic E-state index is 0.107. The Morgan fingerprint density at radius 2 is 1.80 bits per heavy atom. The van der Waals surface area contributed by atoms with Gasteiger partial charge in [-0.1, -0.05) is 0 Å². The Morgan fingerprint density at radius 1 is 1.20 bits per heavy atom. The van der Waals surface area contributed by atoms with Crippen molar-refractivity contribution in [2.75, 3.05) is 18.5 Å². The van der Waals surface area contributed by atoms with Gasteiger partial charge in [-0.15, -0.1) is 0 Å². The molecule has 0 saturated heterocycles. The van der Waals surface area contributed by atoms with Crippen molar-refractivity contribution in [3.05, 3.63) is 30.1 Å². The van der Waals surface area contributed by atoms with Crippen LogP contribution in [0, 0.1) is 5.82 Å². The summed E-state index contributed by atoms with van der Waals surface area (Å²) in [5, 5.41) is 3.15. The lowest BCUT2D eigenvalue weighted by atomic mass is 10.2. The van der Waals surface area contributed by atoms with Gasteiger partial charge in [-0.2, -0.15) is 0 Å². The molecule has 2 nitrogen and oxygen atoms in total. The monoisotopic (exact) mass is 211 g/mol. The van der Waals surface area contributed by atoms with Gasteiger partial charge in [0.2, 0.25) is 0 Å². The average molecular weight is 211 g/mol. The van der Waals surface area contributed by atoms with Crippen LogP contribution in [0.1, 0.15) is 20.8 Å². The van der Waals surface area contributed by atoms with Gasteiger partial charge in [0.25, 0.3) is 0 Å². The van der Waals surface area contributed by atoms with Crippen LogP contribution in [0.5, 0.6) is 0 Å². The summed E-state index contributed by atoms with van der Waals surface area (Å²) in [5.41, 5.74) is 0.804. The van der Waals surface area contributed by atoms with E-state index in [0.29, 0.717) is 6.61 Å². The predicted octanol–water partition coefficient (Wildman–Crippen LogP) is 3.05. The molecular weight excluding hydrogens is 193 g/mol. The molecule has 0 fully saturated rings. The fraction of sp³-hybridized carbons (Fsp3) is 0.500. The number of rotatable bonds is 4. The van der Waals surface area contributed by atoms with E-state index in [1.807, 2.05) is 20.8 Å². The molecule has 1 aromatic rings. The first kappa shape index (κ1) is 12.0. The summed E-state index contributed by atoms with van der Waals surface area (Å²) in [6.07, 6.45) is 0. The maximum atomic E-state index is 12.6. The van der Waals surface area contributed by atoms with Crippen LogP contribution in [0.2, 0.25) is 0 Å². The first-order chi connectivity index (χ1) is 6.97. The first-order valence-corrected chi connectivity index (χ1v) is 5.11. The highest BCUT2D eigenvalue weighted by molar-refractivity contribution is 5.42. The minimum atomic E-state index is -0.216. The maximum absolute atomic E-state index is 12.6. The van der Waals surface area contributed by atoms with E-state index in [0.717, 1.165) is 12.2 Å². The van der Waals surface area contributed by atoms with Crippen molar-refractivity contribution in [2.24, 2.45) is 0 Å². The Morgan fingerprint density at radius 3 is 2.33 bits per heavy atom. The summed E-state index contributed by atoms with van der Waals surface area (Å²) in [6.45, 7) is 7.42. The molecule has 0 heterocycles. The number of hydrogen-bond acceptors (Lipinski definition) is 2. The summed E-state index contributed by atoms with van der Waals surface area (Å²) < 4.78 is 18.1. The van der Waals surface area contributed by atoms with Crippen molar-refractivity contribution in [2.45, 2.75) is 26.4 Å². The average Bonchev–Trinajstić information content (AvgIpc) is 2.14. The van der Waals surface area contributed by atoms with E-state index >= 15 is 0 Å². The Kier molecular flexibility index (Phi) is 4.09. The SMILES string of the molecule is CC(C)(C)OCCNc1ccc(F)cc1. The number of hydrogen-bond donors (Lipinski definition) is 1. The number of ether oxygens (including phenoxy) is 1. The van der Waals surface area contributed by atoms with E-state index in [2.05, 4.69) is 5.32 Å². The third-order valence-corrected chi connectivity index (χ3v) is 1.81. The molecule has 1 N–H and O–H groups in total. The zero-order valence-electron chi connectivity index (χ0n) is 9.51. The van der Waals surface area contributed by atoms with Crippen LogP contribution in [0.4, 0.5) is 10.1 Å². The highest BCUT2D eigenvalue weighted by Gasteiger charge is 2.08. The molecule has 0 aromatic heterocycles. The summed E-state index contributed by atoms with van der Waals surface area (Å²) in [7, 11) is 0. The van der Waals surface area contributed by atoms with E-state index in [4.69, 9.17) is 4.74 Å². The number of nitrogens with one attached hydrogen (secondary N) is 1. The summed E-state index contributed by atoms with van der Waals surface area (Å²) >= 11 is 0. The van der Waals surface area contributed by atoms with E-state index in [9.17, 15) is 4.39 Å². The molecule has 0 atom stereocenters. The van der Waals surface area contributed by atoms with Crippen LogP contribution < -0.4 is 5.32 Å². The topological polar surface area (TPSA) is 21.3 Å². The van der Waals surface area contributed by atoms with Gasteiger partial charge in [0, 0.05) is 12.2 Å². The van der Waals surface area contributed by atoms with Gasteiger partial charge in [0.05, 0.1) is 12.2 Å². The molecule has 0 aliphatic heterocycles. The second-order valence-corrected chi connectivity index (χ2v) is 4.39. The van der Waals surface area contributed by atoms with E-state index < -0.39 is 0 Å². The zero-order valence-corrected chi connectivity index (χ0v) is 9.51. The molecule has 84 valence electrons. The zero-order chi connectivity index (χ0) is 11.3. The van der Waals surface area contributed by atoms with E-state index in [1.165, 1.54) is 12.1 Å². The molecule has 0 aliphatic carbocycles. The van der Waals surface area contributed by atoms with Crippen LogP contribution >= 0.6 is 0 Å². The second kappa shape index (κ2) is 5.12. The fourth-order valence-corrected chi connectivity index (χ4v) is 1.12. The Bertz CT molecular complexity index is 289. The lowest BCUT2D eigenvalue weighted by Gasteiger charge is -2.19. The number of anilines is 1. The second-order valence-electron chi connectivity index (χ2n) is 4.39. The van der Waals surface area contributed by atoms with Gasteiger partial charge in [-0.3, -0.25) is 0 Å².